The molecule has 0 aliphatic carbocycles. The molecule has 0 amide bonds. The predicted octanol–water partition coefficient (Wildman–Crippen LogP) is 4.97. The molecule has 29 heavy (non-hydrogen) atoms. The Morgan fingerprint density at radius 1 is 1.17 bits per heavy atom. The number of benzene rings is 1. The first-order chi connectivity index (χ1) is 13.3. The molecule has 0 radical (unpaired) electrons. The van der Waals surface area contributed by atoms with Gasteiger partial charge < -0.3 is 9.16 Å². The van der Waals surface area contributed by atoms with E-state index in [2.05, 4.69) is 33.9 Å². The SMILES string of the molecule is Cc1ccc(S(=O)(=O)N2C[C@H](CCCCO[Si](C)(C)C(C)(C)C)OC[C@H]2C)cc1. The number of unbranched alkanes of at least 4 members (excludes halogenated alkanes) is 1. The van der Waals surface area contributed by atoms with Gasteiger partial charge in [-0.1, -0.05) is 38.5 Å². The summed E-state index contributed by atoms with van der Waals surface area (Å²) in [6.07, 6.45) is 2.76. The van der Waals surface area contributed by atoms with Gasteiger partial charge in [0.2, 0.25) is 10.0 Å². The van der Waals surface area contributed by atoms with Crippen LogP contribution in [0.4, 0.5) is 0 Å². The molecule has 1 heterocycles. The van der Waals surface area contributed by atoms with Crippen molar-refractivity contribution in [1.82, 2.24) is 4.31 Å². The summed E-state index contributed by atoms with van der Waals surface area (Å²) in [6.45, 7) is 16.8. The summed E-state index contributed by atoms with van der Waals surface area (Å²) in [6, 6.07) is 6.93. The average molecular weight is 442 g/mol. The van der Waals surface area contributed by atoms with E-state index in [0.717, 1.165) is 31.4 Å². The fourth-order valence-electron chi connectivity index (χ4n) is 3.17. The lowest BCUT2D eigenvalue weighted by atomic mass is 10.1. The Kier molecular flexibility index (Phi) is 8.12. The molecule has 0 saturated carbocycles. The maximum absolute atomic E-state index is 13.1. The van der Waals surface area contributed by atoms with Crippen LogP contribution in [0.5, 0.6) is 0 Å². The van der Waals surface area contributed by atoms with Gasteiger partial charge in [0.1, 0.15) is 0 Å². The fourth-order valence-corrected chi connectivity index (χ4v) is 5.90. The van der Waals surface area contributed by atoms with Crippen LogP contribution in [-0.2, 0) is 19.2 Å². The molecular formula is C22H39NO4SSi. The van der Waals surface area contributed by atoms with Crippen molar-refractivity contribution in [2.45, 2.75) is 89.1 Å². The Morgan fingerprint density at radius 2 is 1.79 bits per heavy atom. The summed E-state index contributed by atoms with van der Waals surface area (Å²) < 4.78 is 40.0. The molecule has 1 saturated heterocycles. The van der Waals surface area contributed by atoms with E-state index in [-0.39, 0.29) is 17.2 Å². The van der Waals surface area contributed by atoms with Crippen LogP contribution < -0.4 is 0 Å². The molecule has 1 fully saturated rings. The van der Waals surface area contributed by atoms with Crippen molar-refractivity contribution in [1.29, 1.82) is 0 Å². The predicted molar refractivity (Wildman–Crippen MR) is 121 cm³/mol. The first kappa shape index (κ1) is 24.5. The molecule has 0 bridgehead atoms. The first-order valence-electron chi connectivity index (χ1n) is 10.7. The highest BCUT2D eigenvalue weighted by Gasteiger charge is 2.37. The van der Waals surface area contributed by atoms with Crippen LogP contribution in [-0.4, -0.2) is 52.9 Å². The molecule has 166 valence electrons. The van der Waals surface area contributed by atoms with Gasteiger partial charge in [0, 0.05) is 19.2 Å². The van der Waals surface area contributed by atoms with Gasteiger partial charge in [0.25, 0.3) is 0 Å². The number of hydrogen-bond donors (Lipinski definition) is 0. The summed E-state index contributed by atoms with van der Waals surface area (Å²) in [5, 5.41) is 0.223. The summed E-state index contributed by atoms with van der Waals surface area (Å²) >= 11 is 0. The van der Waals surface area contributed by atoms with Crippen molar-refractivity contribution in [3.05, 3.63) is 29.8 Å². The Hall–Kier alpha value is -0.733. The molecular weight excluding hydrogens is 402 g/mol. The largest absolute Gasteiger partial charge is 0.417 e. The number of nitrogens with zero attached hydrogens (tertiary/aromatic N) is 1. The molecule has 1 aromatic carbocycles. The van der Waals surface area contributed by atoms with Crippen molar-refractivity contribution >= 4 is 18.3 Å². The van der Waals surface area contributed by atoms with Gasteiger partial charge in [-0.05, 0) is 63.4 Å². The summed E-state index contributed by atoms with van der Waals surface area (Å²) in [5.41, 5.74) is 1.05. The number of sulfonamides is 1. The van der Waals surface area contributed by atoms with Crippen LogP contribution in [0.15, 0.2) is 29.2 Å². The second-order valence-electron chi connectivity index (χ2n) is 9.80. The van der Waals surface area contributed by atoms with Crippen LogP contribution in [0.25, 0.3) is 0 Å². The lowest BCUT2D eigenvalue weighted by molar-refractivity contribution is -0.0321. The van der Waals surface area contributed by atoms with E-state index in [4.69, 9.17) is 9.16 Å². The highest BCUT2D eigenvalue weighted by molar-refractivity contribution is 7.89. The van der Waals surface area contributed by atoms with Gasteiger partial charge in [-0.15, -0.1) is 0 Å². The number of rotatable bonds is 8. The minimum absolute atomic E-state index is 0.0562. The van der Waals surface area contributed by atoms with E-state index in [9.17, 15) is 8.42 Å². The van der Waals surface area contributed by atoms with Gasteiger partial charge in [-0.3, -0.25) is 0 Å². The summed E-state index contributed by atoms with van der Waals surface area (Å²) in [7, 11) is -5.20. The zero-order valence-corrected chi connectivity index (χ0v) is 21.0. The minimum Gasteiger partial charge on any atom is -0.417 e. The highest BCUT2D eigenvalue weighted by atomic mass is 32.2. The minimum atomic E-state index is -3.50. The van der Waals surface area contributed by atoms with Crippen LogP contribution in [0.2, 0.25) is 18.1 Å². The quantitative estimate of drug-likeness (QED) is 0.422. The zero-order valence-electron chi connectivity index (χ0n) is 19.2. The van der Waals surface area contributed by atoms with E-state index < -0.39 is 18.3 Å². The normalized spacial score (nSPS) is 22.0. The Morgan fingerprint density at radius 3 is 2.38 bits per heavy atom. The smallest absolute Gasteiger partial charge is 0.243 e. The van der Waals surface area contributed by atoms with Crippen LogP contribution in [0.1, 0.15) is 52.5 Å². The first-order valence-corrected chi connectivity index (χ1v) is 15.0. The Labute approximate surface area is 179 Å². The maximum atomic E-state index is 13.1. The van der Waals surface area contributed by atoms with Gasteiger partial charge in [0.05, 0.1) is 17.6 Å². The Bertz CT molecular complexity index is 756. The number of hydrogen-bond acceptors (Lipinski definition) is 4. The average Bonchev–Trinajstić information content (AvgIpc) is 2.62. The van der Waals surface area contributed by atoms with Crippen LogP contribution in [0.3, 0.4) is 0 Å². The molecule has 2 atom stereocenters. The van der Waals surface area contributed by atoms with Gasteiger partial charge in [0.15, 0.2) is 8.32 Å². The maximum Gasteiger partial charge on any atom is 0.243 e. The summed E-state index contributed by atoms with van der Waals surface area (Å²) in [4.78, 5) is 0.360. The molecule has 1 aromatic rings. The molecule has 0 unspecified atom stereocenters. The van der Waals surface area contributed by atoms with E-state index in [1.807, 2.05) is 26.0 Å². The van der Waals surface area contributed by atoms with E-state index in [1.54, 1.807) is 16.4 Å². The molecule has 0 N–H and O–H groups in total. The van der Waals surface area contributed by atoms with Crippen LogP contribution >= 0.6 is 0 Å². The third kappa shape index (κ3) is 6.37. The molecule has 7 heteroatoms. The van der Waals surface area contributed by atoms with Crippen molar-refractivity contribution < 1.29 is 17.6 Å². The number of aryl methyl sites for hydroxylation is 1. The molecule has 2 rings (SSSR count). The van der Waals surface area contributed by atoms with Crippen molar-refractivity contribution in [3.8, 4) is 0 Å². The monoisotopic (exact) mass is 441 g/mol. The summed E-state index contributed by atoms with van der Waals surface area (Å²) in [5.74, 6) is 0. The molecule has 5 nitrogen and oxygen atoms in total. The van der Waals surface area contributed by atoms with E-state index in [1.165, 1.54) is 0 Å². The lowest BCUT2D eigenvalue weighted by Crippen LogP contribution is -2.50. The van der Waals surface area contributed by atoms with Crippen molar-refractivity contribution in [2.75, 3.05) is 19.8 Å². The molecule has 0 aromatic heterocycles. The second-order valence-corrected chi connectivity index (χ2v) is 16.5. The lowest BCUT2D eigenvalue weighted by Gasteiger charge is -2.37. The molecule has 1 aliphatic rings. The Balaban J connectivity index is 1.87. The van der Waals surface area contributed by atoms with Gasteiger partial charge in [-0.25, -0.2) is 8.42 Å². The standard InChI is InChI=1S/C22H39NO4SSi/c1-18-11-13-21(14-12-18)28(24,25)23-16-20(26-17-19(23)2)10-8-9-15-27-29(6,7)22(3,4)5/h11-14,19-20H,8-10,15-17H2,1-7H3/t19-,20+/m1/s1. The van der Waals surface area contributed by atoms with Crippen molar-refractivity contribution in [2.24, 2.45) is 0 Å². The van der Waals surface area contributed by atoms with E-state index >= 15 is 0 Å². The second kappa shape index (κ2) is 9.60. The van der Waals surface area contributed by atoms with Gasteiger partial charge in [-0.2, -0.15) is 4.31 Å². The third-order valence-electron chi connectivity index (χ3n) is 6.27. The molecule has 0 spiro atoms. The zero-order chi connectivity index (χ0) is 21.9. The number of morpholine rings is 1. The third-order valence-corrected chi connectivity index (χ3v) is 12.8. The van der Waals surface area contributed by atoms with Crippen LogP contribution in [0, 0.1) is 6.92 Å². The topological polar surface area (TPSA) is 55.8 Å². The van der Waals surface area contributed by atoms with Gasteiger partial charge >= 0.3 is 0 Å². The molecule has 1 aliphatic heterocycles. The highest BCUT2D eigenvalue weighted by Crippen LogP contribution is 2.36. The van der Waals surface area contributed by atoms with Crippen molar-refractivity contribution in [3.63, 3.8) is 0 Å². The number of ether oxygens (including phenoxy) is 1. The van der Waals surface area contributed by atoms with E-state index in [0.29, 0.717) is 18.0 Å². The fraction of sp³-hybridized carbons (Fsp3) is 0.727.